The Morgan fingerprint density at radius 3 is 2.85 bits per heavy atom. The lowest BCUT2D eigenvalue weighted by Crippen LogP contribution is -2.31. The van der Waals surface area contributed by atoms with E-state index in [0.717, 1.165) is 43.7 Å². The maximum atomic E-state index is 13.5. The van der Waals surface area contributed by atoms with Gasteiger partial charge in [-0.25, -0.2) is 9.98 Å². The molecule has 1 aromatic heterocycles. The molecule has 1 amide bonds. The van der Waals surface area contributed by atoms with Crippen molar-refractivity contribution in [3.63, 3.8) is 0 Å². The molecule has 1 aliphatic heterocycles. The number of fused-ring (bicyclic) bond motifs is 1. The summed E-state index contributed by atoms with van der Waals surface area (Å²) >= 11 is 1.34. The monoisotopic (exact) mass is 485 g/mol. The Bertz CT molecular complexity index is 1080. The molecule has 5 N–H and O–H groups in total. The molecule has 0 spiro atoms. The number of aromatic nitrogens is 1. The highest BCUT2D eigenvalue weighted by Gasteiger charge is 2.46. The van der Waals surface area contributed by atoms with Crippen LogP contribution < -0.4 is 21.7 Å². The molecule has 0 saturated heterocycles. The number of alkyl halides is 1. The number of hydrogen-bond acceptors (Lipinski definition) is 7. The lowest BCUT2D eigenvalue weighted by molar-refractivity contribution is -0.116. The second kappa shape index (κ2) is 12.0. The summed E-state index contributed by atoms with van der Waals surface area (Å²) in [5.41, 5.74) is 8.37. The summed E-state index contributed by atoms with van der Waals surface area (Å²) in [4.78, 5) is 25.8. The fraction of sp³-hybridized carbons (Fsp3) is 0.417. The molecule has 0 radical (unpaired) electrons. The molecule has 2 heterocycles. The van der Waals surface area contributed by atoms with Crippen molar-refractivity contribution in [2.24, 2.45) is 15.7 Å². The average molecular weight is 486 g/mol. The molecule has 34 heavy (non-hydrogen) atoms. The molecule has 1 aromatic carbocycles. The summed E-state index contributed by atoms with van der Waals surface area (Å²) in [5, 5.41) is 11.8. The number of nitrogens with one attached hydrogen (secondary N) is 3. The molecule has 0 bridgehead atoms. The molecular formula is C24H32FN7OS. The van der Waals surface area contributed by atoms with Gasteiger partial charge in [0.05, 0.1) is 5.69 Å². The normalized spacial score (nSPS) is 16.6. The summed E-state index contributed by atoms with van der Waals surface area (Å²) in [6.07, 6.45) is 3.93. The van der Waals surface area contributed by atoms with Crippen molar-refractivity contribution in [3.05, 3.63) is 52.2 Å². The minimum absolute atomic E-state index is 0.254. The van der Waals surface area contributed by atoms with Gasteiger partial charge in [-0.2, -0.15) is 0 Å². The third-order valence-corrected chi connectivity index (χ3v) is 6.50. The van der Waals surface area contributed by atoms with Gasteiger partial charge in [0.15, 0.2) is 0 Å². The molecule has 1 saturated carbocycles. The topological polar surface area (TPSA) is 117 Å². The molecule has 0 unspecified atom stereocenters. The molecule has 2 aromatic rings. The van der Waals surface area contributed by atoms with Crippen LogP contribution in [0.3, 0.4) is 0 Å². The number of carbonyl (C=O) groups is 1. The fourth-order valence-corrected chi connectivity index (χ4v) is 4.50. The molecule has 0 atom stereocenters. The third-order valence-electron chi connectivity index (χ3n) is 5.77. The van der Waals surface area contributed by atoms with Crippen molar-refractivity contribution in [2.75, 3.05) is 32.1 Å². The first-order valence-electron chi connectivity index (χ1n) is 11.3. The molecule has 10 heteroatoms. The summed E-state index contributed by atoms with van der Waals surface area (Å²) < 4.78 is 13.5. The number of aliphatic imine (C=N–C) groups is 2. The number of carbonyl (C=O) groups excluding carboxylic acids is 1. The Balaban J connectivity index is 0.00000158. The van der Waals surface area contributed by atoms with Gasteiger partial charge in [-0.05, 0) is 69.8 Å². The number of likely N-dealkylation sites (N-methyl/N-ethyl adjacent to an activating group) is 1. The lowest BCUT2D eigenvalue weighted by Gasteiger charge is -2.19. The largest absolute Gasteiger partial charge is 0.352 e. The molecule has 182 valence electrons. The Kier molecular flexibility index (Phi) is 9.03. The molecule has 2 aliphatic rings. The summed E-state index contributed by atoms with van der Waals surface area (Å²) in [5.74, 6) is 0.00995. The third kappa shape index (κ3) is 5.94. The van der Waals surface area contributed by atoms with Crippen LogP contribution in [-0.4, -0.2) is 50.3 Å². The maximum absolute atomic E-state index is 13.5. The van der Waals surface area contributed by atoms with E-state index in [9.17, 15) is 9.18 Å². The zero-order valence-corrected chi connectivity index (χ0v) is 20.5. The predicted molar refractivity (Wildman–Crippen MR) is 138 cm³/mol. The number of amidine groups is 1. The van der Waals surface area contributed by atoms with Crippen LogP contribution in [0.5, 0.6) is 0 Å². The minimum atomic E-state index is -0.453. The Morgan fingerprint density at radius 1 is 1.38 bits per heavy atom. The van der Waals surface area contributed by atoms with Gasteiger partial charge >= 0.3 is 0 Å². The van der Waals surface area contributed by atoms with Crippen molar-refractivity contribution >= 4 is 40.6 Å². The van der Waals surface area contributed by atoms with E-state index in [4.69, 9.17) is 0 Å². The van der Waals surface area contributed by atoms with Gasteiger partial charge in [-0.15, -0.1) is 11.3 Å². The summed E-state index contributed by atoms with van der Waals surface area (Å²) in [7, 11) is 1.50. The van der Waals surface area contributed by atoms with Crippen LogP contribution in [0.2, 0.25) is 0 Å². The fourth-order valence-electron chi connectivity index (χ4n) is 3.69. The van der Waals surface area contributed by atoms with Gasteiger partial charge < -0.3 is 21.7 Å². The van der Waals surface area contributed by atoms with Crippen LogP contribution in [-0.2, 0) is 23.2 Å². The zero-order chi connectivity index (χ0) is 24.6. The Labute approximate surface area is 203 Å². The highest BCUT2D eigenvalue weighted by molar-refractivity contribution is 7.13. The van der Waals surface area contributed by atoms with Crippen molar-refractivity contribution in [3.8, 4) is 0 Å². The second-order valence-electron chi connectivity index (χ2n) is 8.01. The molecule has 8 nitrogen and oxygen atoms in total. The van der Waals surface area contributed by atoms with E-state index < -0.39 is 12.1 Å². The standard InChI is InChI=1S/C23H27FN6OS.CH5N/c1-3-27-21(31)18(12-25-2)20(28-17-5-4-16-11-26-9-6-15(16)10-17)30-22-29-19(13-32-22)23(14-24)7-8-23;1-2/h4-5,10,12-13,26H,2-3,6-9,11,14H2,1H3,(H,27,31)(H,28,29,30);2H2,1H3/b18-12+;. The van der Waals surface area contributed by atoms with Crippen molar-refractivity contribution in [2.45, 2.75) is 38.1 Å². The van der Waals surface area contributed by atoms with E-state index in [1.807, 2.05) is 18.4 Å². The van der Waals surface area contributed by atoms with Gasteiger partial charge in [0.2, 0.25) is 5.13 Å². The SMILES string of the molecule is C=N/C=C(C(=O)NCC)\C(=N\c1nc(C2(CF)CC2)cs1)Nc1ccc2c(c1)CCNC2.CN. The predicted octanol–water partition coefficient (Wildman–Crippen LogP) is 3.23. The number of hydrogen-bond donors (Lipinski definition) is 4. The number of nitrogens with zero attached hydrogens (tertiary/aromatic N) is 3. The van der Waals surface area contributed by atoms with Crippen LogP contribution in [0.4, 0.5) is 15.2 Å². The number of halogens is 1. The van der Waals surface area contributed by atoms with Crippen LogP contribution in [0, 0.1) is 0 Å². The van der Waals surface area contributed by atoms with E-state index in [1.165, 1.54) is 35.7 Å². The van der Waals surface area contributed by atoms with Gasteiger partial charge in [-0.3, -0.25) is 14.2 Å². The smallest absolute Gasteiger partial charge is 0.256 e. The first-order chi connectivity index (χ1) is 16.6. The minimum Gasteiger partial charge on any atom is -0.352 e. The number of rotatable bonds is 8. The number of benzene rings is 1. The van der Waals surface area contributed by atoms with Gasteiger partial charge in [0, 0.05) is 35.8 Å². The molecule has 1 aliphatic carbocycles. The van der Waals surface area contributed by atoms with Crippen LogP contribution in [0.25, 0.3) is 0 Å². The number of amides is 1. The number of nitrogens with two attached hydrogens (primary N) is 1. The van der Waals surface area contributed by atoms with Crippen molar-refractivity contribution in [1.29, 1.82) is 0 Å². The molecule has 4 rings (SSSR count). The highest BCUT2D eigenvalue weighted by Crippen LogP contribution is 2.49. The lowest BCUT2D eigenvalue weighted by atomic mass is 10.0. The summed E-state index contributed by atoms with van der Waals surface area (Å²) in [6.45, 7) is 7.17. The van der Waals surface area contributed by atoms with Crippen molar-refractivity contribution in [1.82, 2.24) is 15.6 Å². The quantitative estimate of drug-likeness (QED) is 0.260. The van der Waals surface area contributed by atoms with E-state index in [-0.39, 0.29) is 11.5 Å². The van der Waals surface area contributed by atoms with Crippen LogP contribution in [0.1, 0.15) is 36.6 Å². The van der Waals surface area contributed by atoms with E-state index in [0.29, 0.717) is 17.5 Å². The summed E-state index contributed by atoms with van der Waals surface area (Å²) in [6, 6.07) is 6.12. The van der Waals surface area contributed by atoms with Crippen molar-refractivity contribution < 1.29 is 9.18 Å². The maximum Gasteiger partial charge on any atom is 0.256 e. The van der Waals surface area contributed by atoms with Crippen LogP contribution in [0.15, 0.2) is 45.3 Å². The first kappa shape index (κ1) is 25.7. The van der Waals surface area contributed by atoms with E-state index in [1.54, 1.807) is 0 Å². The number of anilines is 1. The number of thiazole rings is 1. The van der Waals surface area contributed by atoms with E-state index >= 15 is 0 Å². The van der Waals surface area contributed by atoms with Gasteiger partial charge in [0.25, 0.3) is 5.91 Å². The Hall–Kier alpha value is -2.95. The zero-order valence-electron chi connectivity index (χ0n) is 19.7. The average Bonchev–Trinajstić information content (AvgIpc) is 3.53. The van der Waals surface area contributed by atoms with Gasteiger partial charge in [-0.1, -0.05) is 6.07 Å². The highest BCUT2D eigenvalue weighted by atomic mass is 32.1. The second-order valence-corrected chi connectivity index (χ2v) is 8.85. The molecule has 1 fully saturated rings. The Morgan fingerprint density at radius 2 is 2.18 bits per heavy atom. The van der Waals surface area contributed by atoms with Crippen LogP contribution >= 0.6 is 11.3 Å². The molecular weight excluding hydrogens is 453 g/mol. The van der Waals surface area contributed by atoms with E-state index in [2.05, 4.69) is 55.5 Å². The van der Waals surface area contributed by atoms with Gasteiger partial charge in [0.1, 0.15) is 18.1 Å². The first-order valence-corrected chi connectivity index (χ1v) is 12.2.